The highest BCUT2D eigenvalue weighted by Crippen LogP contribution is 2.15. The molecule has 1 amide bonds. The zero-order chi connectivity index (χ0) is 17.4. The summed E-state index contributed by atoms with van der Waals surface area (Å²) >= 11 is 12.0. The van der Waals surface area contributed by atoms with Crippen molar-refractivity contribution in [3.8, 4) is 0 Å². The smallest absolute Gasteiger partial charge is 0.412 e. The standard InChI is InChI=1S/C15H18Cl2N4O2/c1-5-9(2)13(16)21-14(17)18-10(3)11-7-6-8-12(19-11)20-15(22)23-4/h6-8H,5H2,1-4H3,(H,19,20,22)/b13-9+,18-10+,21-14-. The summed E-state index contributed by atoms with van der Waals surface area (Å²) in [6.07, 6.45) is 0.175. The molecule has 8 heteroatoms. The highest BCUT2D eigenvalue weighted by Gasteiger charge is 2.06. The van der Waals surface area contributed by atoms with Gasteiger partial charge in [0, 0.05) is 0 Å². The molecular weight excluding hydrogens is 339 g/mol. The molecule has 0 bridgehead atoms. The third kappa shape index (κ3) is 6.38. The average Bonchev–Trinajstić information content (AvgIpc) is 2.53. The zero-order valence-corrected chi connectivity index (χ0v) is 14.9. The predicted molar refractivity (Wildman–Crippen MR) is 94.6 cm³/mol. The van der Waals surface area contributed by atoms with E-state index >= 15 is 0 Å². The summed E-state index contributed by atoms with van der Waals surface area (Å²) in [5.41, 5.74) is 1.99. The number of carbonyl (C=O) groups excluding carboxylic acids is 1. The van der Waals surface area contributed by atoms with Crippen LogP contribution in [0.3, 0.4) is 0 Å². The highest BCUT2D eigenvalue weighted by molar-refractivity contribution is 6.66. The summed E-state index contributed by atoms with van der Waals surface area (Å²) in [5.74, 6) is 0.344. The van der Waals surface area contributed by atoms with Crippen LogP contribution in [0.4, 0.5) is 10.6 Å². The summed E-state index contributed by atoms with van der Waals surface area (Å²) in [6, 6.07) is 5.10. The van der Waals surface area contributed by atoms with E-state index in [1.807, 2.05) is 13.8 Å². The summed E-state index contributed by atoms with van der Waals surface area (Å²) in [6.45, 7) is 5.57. The molecule has 23 heavy (non-hydrogen) atoms. The highest BCUT2D eigenvalue weighted by atomic mass is 35.5. The Labute approximate surface area is 145 Å². The minimum atomic E-state index is -0.601. The Balaban J connectivity index is 3.00. The fourth-order valence-electron chi connectivity index (χ4n) is 1.40. The molecule has 1 aromatic rings. The van der Waals surface area contributed by atoms with Crippen molar-refractivity contribution in [1.29, 1.82) is 0 Å². The average molecular weight is 357 g/mol. The second kappa shape index (κ2) is 9.27. The molecule has 0 aliphatic carbocycles. The predicted octanol–water partition coefficient (Wildman–Crippen LogP) is 4.54. The van der Waals surface area contributed by atoms with Gasteiger partial charge < -0.3 is 4.74 Å². The number of methoxy groups -OCH3 is 1. The van der Waals surface area contributed by atoms with Crippen molar-refractivity contribution < 1.29 is 9.53 Å². The summed E-state index contributed by atoms with van der Waals surface area (Å²) in [5, 5.41) is 2.81. The number of hydrogen-bond acceptors (Lipinski definition) is 4. The number of allylic oxidation sites excluding steroid dienone is 1. The topological polar surface area (TPSA) is 75.9 Å². The number of halogens is 2. The number of rotatable bonds is 4. The van der Waals surface area contributed by atoms with Crippen molar-refractivity contribution in [3.05, 3.63) is 34.6 Å². The zero-order valence-electron chi connectivity index (χ0n) is 13.4. The Morgan fingerprint density at radius 2 is 2.00 bits per heavy atom. The molecule has 1 N–H and O–H groups in total. The third-order valence-corrected chi connectivity index (χ3v) is 3.44. The second-order valence-corrected chi connectivity index (χ2v) is 5.22. The van der Waals surface area contributed by atoms with Crippen molar-refractivity contribution in [1.82, 2.24) is 4.98 Å². The third-order valence-electron chi connectivity index (χ3n) is 2.87. The van der Waals surface area contributed by atoms with Crippen molar-refractivity contribution in [2.45, 2.75) is 27.2 Å². The second-order valence-electron chi connectivity index (χ2n) is 4.53. The van der Waals surface area contributed by atoms with Crippen LogP contribution in [0.25, 0.3) is 0 Å². The lowest BCUT2D eigenvalue weighted by Gasteiger charge is -2.05. The lowest BCUT2D eigenvalue weighted by atomic mass is 10.2. The molecule has 1 aromatic heterocycles. The van der Waals surface area contributed by atoms with Crippen LogP contribution < -0.4 is 5.32 Å². The van der Waals surface area contributed by atoms with E-state index in [2.05, 4.69) is 25.0 Å². The van der Waals surface area contributed by atoms with E-state index in [1.54, 1.807) is 25.1 Å². The van der Waals surface area contributed by atoms with E-state index in [0.717, 1.165) is 12.0 Å². The van der Waals surface area contributed by atoms with Gasteiger partial charge in [0.2, 0.25) is 5.29 Å². The van der Waals surface area contributed by atoms with Crippen LogP contribution in [0.2, 0.25) is 0 Å². The molecule has 0 aliphatic rings. The van der Waals surface area contributed by atoms with Crippen LogP contribution in [0.15, 0.2) is 38.9 Å². The molecule has 0 aromatic carbocycles. The van der Waals surface area contributed by atoms with Gasteiger partial charge in [0.1, 0.15) is 11.0 Å². The molecule has 0 saturated carbocycles. The van der Waals surface area contributed by atoms with E-state index < -0.39 is 6.09 Å². The number of ether oxygens (including phenoxy) is 1. The van der Waals surface area contributed by atoms with Gasteiger partial charge in [-0.15, -0.1) is 0 Å². The number of amides is 1. The Hall–Kier alpha value is -1.92. The fraction of sp³-hybridized carbons (Fsp3) is 0.333. The molecule has 1 heterocycles. The van der Waals surface area contributed by atoms with Crippen LogP contribution in [-0.2, 0) is 4.74 Å². The van der Waals surface area contributed by atoms with Gasteiger partial charge >= 0.3 is 6.09 Å². The van der Waals surface area contributed by atoms with Crippen LogP contribution in [0, 0.1) is 0 Å². The Morgan fingerprint density at radius 1 is 1.30 bits per heavy atom. The summed E-state index contributed by atoms with van der Waals surface area (Å²) in [7, 11) is 1.28. The molecule has 0 radical (unpaired) electrons. The first-order chi connectivity index (χ1) is 10.9. The van der Waals surface area contributed by atoms with Gasteiger partial charge in [-0.25, -0.2) is 19.8 Å². The molecule has 0 aliphatic heterocycles. The van der Waals surface area contributed by atoms with E-state index in [4.69, 9.17) is 23.2 Å². The number of carbonyl (C=O) groups is 1. The quantitative estimate of drug-likeness (QED) is 0.488. The molecule has 6 nitrogen and oxygen atoms in total. The van der Waals surface area contributed by atoms with Gasteiger partial charge in [-0.05, 0) is 49.6 Å². The van der Waals surface area contributed by atoms with Crippen LogP contribution in [0.5, 0.6) is 0 Å². The number of aromatic nitrogens is 1. The molecule has 0 saturated heterocycles. The number of hydrogen-bond donors (Lipinski definition) is 1. The first kappa shape index (κ1) is 19.1. The van der Waals surface area contributed by atoms with Crippen molar-refractivity contribution in [3.63, 3.8) is 0 Å². The molecule has 0 spiro atoms. The Bertz CT molecular complexity index is 669. The number of nitrogens with zero attached hydrogens (tertiary/aromatic N) is 3. The largest absolute Gasteiger partial charge is 0.453 e. The van der Waals surface area contributed by atoms with Gasteiger partial charge in [0.25, 0.3) is 0 Å². The van der Waals surface area contributed by atoms with Gasteiger partial charge in [-0.2, -0.15) is 0 Å². The van der Waals surface area contributed by atoms with Gasteiger partial charge in [-0.1, -0.05) is 24.6 Å². The van der Waals surface area contributed by atoms with Crippen molar-refractivity contribution in [2.75, 3.05) is 12.4 Å². The number of aliphatic imine (C=N–C) groups is 2. The lowest BCUT2D eigenvalue weighted by Crippen LogP contribution is -2.13. The fourth-order valence-corrected chi connectivity index (χ4v) is 1.87. The number of nitrogens with one attached hydrogen (secondary N) is 1. The van der Waals surface area contributed by atoms with Gasteiger partial charge in [0.15, 0.2) is 0 Å². The first-order valence-electron chi connectivity index (χ1n) is 6.84. The van der Waals surface area contributed by atoms with E-state index in [0.29, 0.717) is 22.4 Å². The maximum Gasteiger partial charge on any atom is 0.412 e. The first-order valence-corrected chi connectivity index (χ1v) is 7.60. The molecular formula is C15H18Cl2N4O2. The summed E-state index contributed by atoms with van der Waals surface area (Å²) in [4.78, 5) is 23.6. The molecule has 0 fully saturated rings. The van der Waals surface area contributed by atoms with E-state index in [-0.39, 0.29) is 5.29 Å². The molecule has 1 rings (SSSR count). The van der Waals surface area contributed by atoms with Crippen molar-refractivity contribution in [2.24, 2.45) is 9.98 Å². The van der Waals surface area contributed by atoms with Gasteiger partial charge in [-0.3, -0.25) is 5.32 Å². The monoisotopic (exact) mass is 356 g/mol. The van der Waals surface area contributed by atoms with Crippen LogP contribution in [-0.4, -0.2) is 29.2 Å². The molecule has 124 valence electrons. The molecule has 0 atom stereocenters. The maximum absolute atomic E-state index is 11.2. The number of anilines is 1. The lowest BCUT2D eigenvalue weighted by molar-refractivity contribution is 0.187. The minimum absolute atomic E-state index is 0.00781. The molecule has 0 unspecified atom stereocenters. The van der Waals surface area contributed by atoms with Crippen LogP contribution >= 0.6 is 23.2 Å². The van der Waals surface area contributed by atoms with Crippen LogP contribution in [0.1, 0.15) is 32.9 Å². The number of pyridine rings is 1. The van der Waals surface area contributed by atoms with Gasteiger partial charge in [0.05, 0.1) is 18.5 Å². The van der Waals surface area contributed by atoms with E-state index in [9.17, 15) is 4.79 Å². The summed E-state index contributed by atoms with van der Waals surface area (Å²) < 4.78 is 4.52. The van der Waals surface area contributed by atoms with E-state index in [1.165, 1.54) is 7.11 Å². The SMILES string of the molecule is CC/C(C)=C(Cl)/N=C(Cl)\N=C(/C)c1cccc(NC(=O)OC)n1. The van der Waals surface area contributed by atoms with Crippen molar-refractivity contribution >= 4 is 46.1 Å². The Kier molecular flexibility index (Phi) is 7.71. The number of amidine groups is 1. The maximum atomic E-state index is 11.2. The minimum Gasteiger partial charge on any atom is -0.453 e. The normalized spacial score (nSPS) is 13.5. The Morgan fingerprint density at radius 3 is 2.61 bits per heavy atom.